The lowest BCUT2D eigenvalue weighted by atomic mass is 9.94. The molecule has 19 heavy (non-hydrogen) atoms. The second-order valence-corrected chi connectivity index (χ2v) is 4.91. The number of imide groups is 1. The maximum Gasteiger partial charge on any atom is 0.261 e. The van der Waals surface area contributed by atoms with Crippen LogP contribution in [0.15, 0.2) is 36.4 Å². The Morgan fingerprint density at radius 3 is 2.16 bits per heavy atom. The SMILES string of the molecule is O=C1c2ccccc2C(=O)N1[C@H]1C[C@H]2C=C[C@@H]1OO2. The maximum atomic E-state index is 12.4. The van der Waals surface area contributed by atoms with Crippen molar-refractivity contribution >= 4 is 11.8 Å². The molecule has 2 amide bonds. The van der Waals surface area contributed by atoms with Crippen molar-refractivity contribution < 1.29 is 19.4 Å². The van der Waals surface area contributed by atoms with Gasteiger partial charge in [-0.15, -0.1) is 0 Å². The third kappa shape index (κ3) is 1.42. The number of fused-ring (bicyclic) bond motifs is 3. The van der Waals surface area contributed by atoms with E-state index in [1.807, 2.05) is 12.2 Å². The third-order valence-electron chi connectivity index (χ3n) is 3.82. The van der Waals surface area contributed by atoms with Gasteiger partial charge in [0.1, 0.15) is 12.2 Å². The summed E-state index contributed by atoms with van der Waals surface area (Å²) in [7, 11) is 0. The van der Waals surface area contributed by atoms with E-state index in [0.29, 0.717) is 17.5 Å². The molecule has 5 heteroatoms. The number of hydrogen-bond donors (Lipinski definition) is 0. The van der Waals surface area contributed by atoms with Gasteiger partial charge in [-0.1, -0.05) is 24.3 Å². The summed E-state index contributed by atoms with van der Waals surface area (Å²) in [5.74, 6) is -0.481. The number of carbonyl (C=O) groups is 2. The predicted molar refractivity (Wildman–Crippen MR) is 64.2 cm³/mol. The Bertz CT molecular complexity index is 574. The van der Waals surface area contributed by atoms with Crippen LogP contribution in [0.1, 0.15) is 27.1 Å². The van der Waals surface area contributed by atoms with Crippen molar-refractivity contribution in [3.63, 3.8) is 0 Å². The van der Waals surface area contributed by atoms with E-state index in [9.17, 15) is 9.59 Å². The predicted octanol–water partition coefficient (Wildman–Crippen LogP) is 1.31. The molecule has 0 spiro atoms. The Kier molecular flexibility index (Phi) is 2.15. The topological polar surface area (TPSA) is 55.8 Å². The number of nitrogens with zero attached hydrogens (tertiary/aromatic N) is 1. The Hall–Kier alpha value is -1.98. The Morgan fingerprint density at radius 2 is 1.68 bits per heavy atom. The van der Waals surface area contributed by atoms with Crippen LogP contribution < -0.4 is 0 Å². The molecular weight excluding hydrogens is 246 g/mol. The minimum absolute atomic E-state index is 0.181. The summed E-state index contributed by atoms with van der Waals surface area (Å²) in [6, 6.07) is 6.62. The molecule has 1 saturated heterocycles. The highest BCUT2D eigenvalue weighted by atomic mass is 17.2. The van der Waals surface area contributed by atoms with E-state index in [1.165, 1.54) is 4.90 Å². The van der Waals surface area contributed by atoms with E-state index < -0.39 is 0 Å². The van der Waals surface area contributed by atoms with E-state index in [-0.39, 0.29) is 30.1 Å². The van der Waals surface area contributed by atoms with Crippen LogP contribution in [0.3, 0.4) is 0 Å². The van der Waals surface area contributed by atoms with Gasteiger partial charge < -0.3 is 0 Å². The molecule has 3 heterocycles. The lowest BCUT2D eigenvalue weighted by Gasteiger charge is -2.40. The number of amides is 2. The minimum atomic E-state index is -0.368. The van der Waals surface area contributed by atoms with Gasteiger partial charge in [-0.3, -0.25) is 14.5 Å². The lowest BCUT2D eigenvalue weighted by Crippen LogP contribution is -2.53. The molecule has 3 aliphatic heterocycles. The highest BCUT2D eigenvalue weighted by Crippen LogP contribution is 2.33. The van der Waals surface area contributed by atoms with E-state index in [0.717, 1.165) is 0 Å². The van der Waals surface area contributed by atoms with Crippen LogP contribution in [0.2, 0.25) is 0 Å². The van der Waals surface area contributed by atoms with Gasteiger partial charge in [0.15, 0.2) is 0 Å². The molecule has 0 radical (unpaired) electrons. The summed E-state index contributed by atoms with van der Waals surface area (Å²) in [5.41, 5.74) is 0.942. The minimum Gasteiger partial charge on any atom is -0.269 e. The van der Waals surface area contributed by atoms with Crippen LogP contribution in [-0.2, 0) is 9.78 Å². The fourth-order valence-electron chi connectivity index (χ4n) is 2.88. The van der Waals surface area contributed by atoms with Crippen LogP contribution in [0.4, 0.5) is 0 Å². The van der Waals surface area contributed by atoms with Gasteiger partial charge in [-0.25, -0.2) is 9.78 Å². The van der Waals surface area contributed by atoms with Crippen molar-refractivity contribution in [2.45, 2.75) is 24.7 Å². The quantitative estimate of drug-likeness (QED) is 0.432. The van der Waals surface area contributed by atoms with Crippen molar-refractivity contribution in [1.82, 2.24) is 4.90 Å². The third-order valence-corrected chi connectivity index (χ3v) is 3.82. The second kappa shape index (κ2) is 3.76. The smallest absolute Gasteiger partial charge is 0.261 e. The van der Waals surface area contributed by atoms with Crippen molar-refractivity contribution in [3.8, 4) is 0 Å². The molecular formula is C14H11NO4. The van der Waals surface area contributed by atoms with Gasteiger partial charge in [0.05, 0.1) is 17.2 Å². The molecule has 1 aromatic rings. The molecule has 1 fully saturated rings. The zero-order chi connectivity index (χ0) is 13.0. The van der Waals surface area contributed by atoms with E-state index >= 15 is 0 Å². The van der Waals surface area contributed by atoms with Crippen LogP contribution >= 0.6 is 0 Å². The van der Waals surface area contributed by atoms with Gasteiger partial charge >= 0.3 is 0 Å². The maximum absolute atomic E-state index is 12.4. The Morgan fingerprint density at radius 1 is 1.00 bits per heavy atom. The molecule has 1 aliphatic carbocycles. The number of hydrogen-bond acceptors (Lipinski definition) is 4. The molecule has 96 valence electrons. The average molecular weight is 257 g/mol. The normalized spacial score (nSPS) is 32.0. The first-order valence-electron chi connectivity index (χ1n) is 6.23. The van der Waals surface area contributed by atoms with Crippen LogP contribution in [0, 0.1) is 0 Å². The van der Waals surface area contributed by atoms with Gasteiger partial charge in [0.25, 0.3) is 11.8 Å². The fourth-order valence-corrected chi connectivity index (χ4v) is 2.88. The molecule has 0 aromatic heterocycles. The summed E-state index contributed by atoms with van der Waals surface area (Å²) in [5, 5.41) is 0. The summed E-state index contributed by atoms with van der Waals surface area (Å²) < 4.78 is 0. The van der Waals surface area contributed by atoms with Crippen LogP contribution in [0.5, 0.6) is 0 Å². The van der Waals surface area contributed by atoms with Crippen molar-refractivity contribution in [2.24, 2.45) is 0 Å². The van der Waals surface area contributed by atoms with E-state index in [2.05, 4.69) is 0 Å². The Labute approximate surface area is 109 Å². The zero-order valence-electron chi connectivity index (χ0n) is 9.98. The average Bonchev–Trinajstić information content (AvgIpc) is 2.73. The summed E-state index contributed by atoms with van der Waals surface area (Å²) in [6.45, 7) is 0. The zero-order valence-corrected chi connectivity index (χ0v) is 9.98. The first-order valence-corrected chi connectivity index (χ1v) is 6.23. The number of rotatable bonds is 1. The molecule has 5 rings (SSSR count). The summed E-state index contributed by atoms with van der Waals surface area (Å²) in [4.78, 5) is 36.3. The Balaban J connectivity index is 1.73. The number of benzene rings is 1. The first kappa shape index (κ1) is 10.9. The van der Waals surface area contributed by atoms with Crippen LogP contribution in [0.25, 0.3) is 0 Å². The monoisotopic (exact) mass is 257 g/mol. The molecule has 2 bridgehead atoms. The molecule has 0 unspecified atom stereocenters. The molecule has 3 atom stereocenters. The number of carbonyl (C=O) groups excluding carboxylic acids is 2. The van der Waals surface area contributed by atoms with Crippen molar-refractivity contribution in [3.05, 3.63) is 47.5 Å². The molecule has 5 nitrogen and oxygen atoms in total. The second-order valence-electron chi connectivity index (χ2n) is 4.91. The lowest BCUT2D eigenvalue weighted by molar-refractivity contribution is -0.370. The largest absolute Gasteiger partial charge is 0.269 e. The van der Waals surface area contributed by atoms with Gasteiger partial charge in [0, 0.05) is 6.42 Å². The summed E-state index contributed by atoms with van der Waals surface area (Å²) >= 11 is 0. The fraction of sp³-hybridized carbons (Fsp3) is 0.286. The molecule has 1 aromatic carbocycles. The van der Waals surface area contributed by atoms with E-state index in [1.54, 1.807) is 24.3 Å². The van der Waals surface area contributed by atoms with Crippen molar-refractivity contribution in [1.29, 1.82) is 0 Å². The molecule has 0 saturated carbocycles. The van der Waals surface area contributed by atoms with E-state index in [4.69, 9.17) is 9.78 Å². The van der Waals surface area contributed by atoms with Crippen LogP contribution in [-0.4, -0.2) is 35.0 Å². The van der Waals surface area contributed by atoms with Gasteiger partial charge in [-0.2, -0.15) is 0 Å². The molecule has 0 N–H and O–H groups in total. The standard InChI is InChI=1S/C14H11NO4/c16-13-9-3-1-2-4-10(9)14(17)15(13)11-7-8-5-6-12(11)19-18-8/h1-6,8,11-12H,7H2/t8-,11+,12+/m1/s1. The van der Waals surface area contributed by atoms with Crippen molar-refractivity contribution in [2.75, 3.05) is 0 Å². The molecule has 4 aliphatic rings. The van der Waals surface area contributed by atoms with Gasteiger partial charge in [-0.05, 0) is 12.1 Å². The van der Waals surface area contributed by atoms with Gasteiger partial charge in [0.2, 0.25) is 0 Å². The first-order chi connectivity index (χ1) is 9.25. The highest BCUT2D eigenvalue weighted by molar-refractivity contribution is 6.21. The summed E-state index contributed by atoms with van der Waals surface area (Å²) in [6.07, 6.45) is 3.80. The highest BCUT2D eigenvalue weighted by Gasteiger charge is 2.47.